The van der Waals surface area contributed by atoms with Crippen molar-refractivity contribution in [3.05, 3.63) is 64.2 Å². The monoisotopic (exact) mass is 513 g/mol. The highest BCUT2D eigenvalue weighted by molar-refractivity contribution is 7.80. The Morgan fingerprint density at radius 1 is 0.972 bits per heavy atom. The number of carbonyl (C=O) groups is 3. The van der Waals surface area contributed by atoms with Crippen LogP contribution in [0.2, 0.25) is 0 Å². The fourth-order valence-electron chi connectivity index (χ4n) is 4.02. The lowest BCUT2D eigenvalue weighted by atomic mass is 9.95. The number of hydrogen-bond acceptors (Lipinski definition) is 5. The van der Waals surface area contributed by atoms with Gasteiger partial charge in [-0.2, -0.15) is 12.6 Å². The maximum atomic E-state index is 13.9. The maximum absolute atomic E-state index is 13.9. The molecule has 36 heavy (non-hydrogen) atoms. The Morgan fingerprint density at radius 3 is 2.06 bits per heavy atom. The predicted molar refractivity (Wildman–Crippen MR) is 148 cm³/mol. The molecule has 2 N–H and O–H groups in total. The zero-order valence-electron chi connectivity index (χ0n) is 22.6. The predicted octanol–water partition coefficient (Wildman–Crippen LogP) is 5.27. The summed E-state index contributed by atoms with van der Waals surface area (Å²) in [6, 6.07) is 9.63. The Hall–Kier alpha value is -3.00. The summed E-state index contributed by atoms with van der Waals surface area (Å²) < 4.78 is 5.33. The summed E-state index contributed by atoms with van der Waals surface area (Å²) >= 11 is 4.31. The Balaban J connectivity index is 2.50. The van der Waals surface area contributed by atoms with Gasteiger partial charge in [-0.05, 0) is 83.2 Å². The summed E-state index contributed by atoms with van der Waals surface area (Å²) in [5, 5.41) is 5.67. The van der Waals surface area contributed by atoms with Gasteiger partial charge in [0.15, 0.2) is 0 Å². The van der Waals surface area contributed by atoms with E-state index in [1.165, 1.54) is 4.90 Å². The molecule has 0 aromatic heterocycles. The molecule has 2 aromatic rings. The fraction of sp³-hybridized carbons (Fsp3) is 0.464. The van der Waals surface area contributed by atoms with Crippen LogP contribution in [0.15, 0.2) is 36.4 Å². The molecule has 3 amide bonds. The smallest absolute Gasteiger partial charge is 0.408 e. The minimum absolute atomic E-state index is 0.0482. The van der Waals surface area contributed by atoms with Gasteiger partial charge in [0.25, 0.3) is 5.91 Å². The summed E-state index contributed by atoms with van der Waals surface area (Å²) in [7, 11) is 0. The standard InChI is InChI=1S/C28H39N3O4S/c1-9-31(26(33)22(16-36)29-27(34)35-28(6,7)8)24(21-15-11-12-17(2)20(21)5)25(32)30-23-18(3)13-10-14-19(23)4/h10-15,22,24,36H,9,16H2,1-8H3,(H,29,34)(H,30,32). The average molecular weight is 514 g/mol. The van der Waals surface area contributed by atoms with Crippen LogP contribution < -0.4 is 10.6 Å². The highest BCUT2D eigenvalue weighted by Gasteiger charge is 2.36. The van der Waals surface area contributed by atoms with Crippen LogP contribution in [-0.4, -0.2) is 46.7 Å². The molecule has 0 bridgehead atoms. The maximum Gasteiger partial charge on any atom is 0.408 e. The second-order valence-electron chi connectivity index (χ2n) is 9.95. The normalized spacial score (nSPS) is 12.9. The minimum Gasteiger partial charge on any atom is -0.444 e. The van der Waals surface area contributed by atoms with Crippen LogP contribution in [0.4, 0.5) is 10.5 Å². The van der Waals surface area contributed by atoms with Crippen molar-refractivity contribution in [2.45, 2.75) is 73.1 Å². The van der Waals surface area contributed by atoms with E-state index in [1.807, 2.05) is 71.0 Å². The second kappa shape index (κ2) is 12.3. The van der Waals surface area contributed by atoms with Crippen LogP contribution in [0.1, 0.15) is 61.6 Å². The number of hydrogen-bond donors (Lipinski definition) is 3. The van der Waals surface area contributed by atoms with Crippen LogP contribution >= 0.6 is 12.6 Å². The van der Waals surface area contributed by atoms with Gasteiger partial charge in [0.2, 0.25) is 5.91 Å². The number of thiol groups is 1. The number of ether oxygens (including phenoxy) is 1. The Kier molecular flexibility index (Phi) is 9.99. The summed E-state index contributed by atoms with van der Waals surface area (Å²) in [4.78, 5) is 41.5. The zero-order valence-corrected chi connectivity index (χ0v) is 23.5. The summed E-state index contributed by atoms with van der Waals surface area (Å²) in [6.45, 7) is 15.1. The molecule has 0 aliphatic carbocycles. The van der Waals surface area contributed by atoms with Crippen molar-refractivity contribution in [1.82, 2.24) is 10.2 Å². The molecule has 7 nitrogen and oxygen atoms in total. The van der Waals surface area contributed by atoms with E-state index in [4.69, 9.17) is 4.74 Å². The van der Waals surface area contributed by atoms with Crippen molar-refractivity contribution in [2.24, 2.45) is 0 Å². The van der Waals surface area contributed by atoms with Crippen molar-refractivity contribution >= 4 is 36.2 Å². The van der Waals surface area contributed by atoms with E-state index in [0.717, 1.165) is 33.5 Å². The summed E-state index contributed by atoms with van der Waals surface area (Å²) in [5.41, 5.74) is 4.52. The van der Waals surface area contributed by atoms with Gasteiger partial charge in [-0.15, -0.1) is 0 Å². The largest absolute Gasteiger partial charge is 0.444 e. The number of aryl methyl sites for hydroxylation is 3. The Labute approximate surface area is 220 Å². The van der Waals surface area contributed by atoms with Gasteiger partial charge in [0.1, 0.15) is 17.7 Å². The highest BCUT2D eigenvalue weighted by Crippen LogP contribution is 2.29. The lowest BCUT2D eigenvalue weighted by Gasteiger charge is -2.34. The van der Waals surface area contributed by atoms with E-state index in [2.05, 4.69) is 23.3 Å². The number of likely N-dealkylation sites (N-methyl/N-ethyl adjacent to an activating group) is 1. The first kappa shape index (κ1) is 29.2. The van der Waals surface area contributed by atoms with E-state index in [1.54, 1.807) is 20.8 Å². The first-order valence-corrected chi connectivity index (χ1v) is 12.8. The number of rotatable bonds is 8. The molecule has 0 saturated heterocycles. The van der Waals surface area contributed by atoms with Crippen molar-refractivity contribution in [3.8, 4) is 0 Å². The van der Waals surface area contributed by atoms with Gasteiger partial charge >= 0.3 is 6.09 Å². The minimum atomic E-state index is -0.969. The molecule has 0 spiro atoms. The van der Waals surface area contributed by atoms with Crippen molar-refractivity contribution in [1.29, 1.82) is 0 Å². The molecular formula is C28H39N3O4S. The number of nitrogens with zero attached hydrogens (tertiary/aromatic N) is 1. The first-order chi connectivity index (χ1) is 16.8. The second-order valence-corrected chi connectivity index (χ2v) is 10.3. The quantitative estimate of drug-likeness (QED) is 0.420. The van der Waals surface area contributed by atoms with E-state index < -0.39 is 29.7 Å². The van der Waals surface area contributed by atoms with Crippen LogP contribution in [0.5, 0.6) is 0 Å². The third kappa shape index (κ3) is 7.26. The van der Waals surface area contributed by atoms with E-state index in [-0.39, 0.29) is 18.2 Å². The molecule has 2 aromatic carbocycles. The molecule has 196 valence electrons. The molecular weight excluding hydrogens is 474 g/mol. The Bertz CT molecular complexity index is 1090. The van der Waals surface area contributed by atoms with Crippen molar-refractivity contribution in [3.63, 3.8) is 0 Å². The summed E-state index contributed by atoms with van der Waals surface area (Å²) in [6.07, 6.45) is -0.714. The van der Waals surface area contributed by atoms with Crippen molar-refractivity contribution in [2.75, 3.05) is 17.6 Å². The van der Waals surface area contributed by atoms with Crippen molar-refractivity contribution < 1.29 is 19.1 Å². The van der Waals surface area contributed by atoms with Crippen LogP contribution in [0, 0.1) is 27.7 Å². The van der Waals surface area contributed by atoms with Gasteiger partial charge in [-0.3, -0.25) is 9.59 Å². The molecule has 2 rings (SSSR count). The number of alkyl carbamates (subject to hydrolysis) is 1. The van der Waals surface area contributed by atoms with E-state index in [0.29, 0.717) is 0 Å². The molecule has 8 heteroatoms. The van der Waals surface area contributed by atoms with Gasteiger partial charge < -0.3 is 20.3 Å². The topological polar surface area (TPSA) is 87.7 Å². The molecule has 0 aliphatic rings. The molecule has 0 radical (unpaired) electrons. The molecule has 2 atom stereocenters. The number of nitrogens with one attached hydrogen (secondary N) is 2. The van der Waals surface area contributed by atoms with E-state index >= 15 is 0 Å². The highest BCUT2D eigenvalue weighted by atomic mass is 32.1. The molecule has 0 aliphatic heterocycles. The lowest BCUT2D eigenvalue weighted by Crippen LogP contribution is -2.53. The van der Waals surface area contributed by atoms with Gasteiger partial charge in [0, 0.05) is 18.0 Å². The molecule has 0 heterocycles. The Morgan fingerprint density at radius 2 is 1.53 bits per heavy atom. The van der Waals surface area contributed by atoms with Crippen LogP contribution in [0.3, 0.4) is 0 Å². The number of carbonyl (C=O) groups excluding carboxylic acids is 3. The average Bonchev–Trinajstić information content (AvgIpc) is 2.78. The van der Waals surface area contributed by atoms with Gasteiger partial charge in [0.05, 0.1) is 0 Å². The lowest BCUT2D eigenvalue weighted by molar-refractivity contribution is -0.140. The number of para-hydroxylation sites is 1. The molecule has 0 fully saturated rings. The van der Waals surface area contributed by atoms with E-state index in [9.17, 15) is 14.4 Å². The third-order valence-electron chi connectivity index (χ3n) is 6.03. The van der Waals surface area contributed by atoms with Crippen LogP contribution in [-0.2, 0) is 14.3 Å². The third-order valence-corrected chi connectivity index (χ3v) is 6.39. The van der Waals surface area contributed by atoms with Crippen LogP contribution in [0.25, 0.3) is 0 Å². The molecule has 0 saturated carbocycles. The number of amides is 3. The molecule has 2 unspecified atom stereocenters. The number of benzene rings is 2. The fourth-order valence-corrected chi connectivity index (χ4v) is 4.27. The SMILES string of the molecule is CCN(C(=O)C(CS)NC(=O)OC(C)(C)C)C(C(=O)Nc1c(C)cccc1C)c1cccc(C)c1C. The zero-order chi connectivity index (χ0) is 27.2. The number of anilines is 1. The first-order valence-electron chi connectivity index (χ1n) is 12.1. The summed E-state index contributed by atoms with van der Waals surface area (Å²) in [5.74, 6) is -0.695. The van der Waals surface area contributed by atoms with Gasteiger partial charge in [-0.1, -0.05) is 36.4 Å². The van der Waals surface area contributed by atoms with Gasteiger partial charge in [-0.25, -0.2) is 4.79 Å².